The molecule has 0 bridgehead atoms. The first-order chi connectivity index (χ1) is 9.04. The maximum absolute atomic E-state index is 12.4. The Hall–Kier alpha value is -1.49. The summed E-state index contributed by atoms with van der Waals surface area (Å²) < 4.78 is 7.27. The first-order valence-corrected chi connectivity index (χ1v) is 6.90. The Bertz CT molecular complexity index is 448. The summed E-state index contributed by atoms with van der Waals surface area (Å²) in [6.45, 7) is 6.37. The number of nitrogen functional groups attached to an aromatic ring is 1. The van der Waals surface area contributed by atoms with E-state index in [0.717, 1.165) is 25.8 Å². The Balaban J connectivity index is 2.10. The normalized spacial score (nSPS) is 18.2. The van der Waals surface area contributed by atoms with Gasteiger partial charge in [0.2, 0.25) is 0 Å². The molecule has 0 unspecified atom stereocenters. The van der Waals surface area contributed by atoms with Crippen molar-refractivity contribution in [1.82, 2.24) is 9.88 Å². The number of hydrogen-bond acceptors (Lipinski definition) is 3. The fourth-order valence-corrected chi connectivity index (χ4v) is 2.43. The van der Waals surface area contributed by atoms with Gasteiger partial charge in [0.1, 0.15) is 5.69 Å². The highest BCUT2D eigenvalue weighted by molar-refractivity contribution is 5.94. The van der Waals surface area contributed by atoms with Crippen LogP contribution in [0.3, 0.4) is 0 Å². The van der Waals surface area contributed by atoms with Crippen molar-refractivity contribution in [3.05, 3.63) is 18.0 Å². The number of aryl methyl sites for hydroxylation is 1. The van der Waals surface area contributed by atoms with Gasteiger partial charge in [-0.05, 0) is 32.3 Å². The zero-order valence-corrected chi connectivity index (χ0v) is 11.7. The minimum absolute atomic E-state index is 0.0467. The van der Waals surface area contributed by atoms with Crippen molar-refractivity contribution < 1.29 is 9.53 Å². The van der Waals surface area contributed by atoms with Crippen LogP contribution in [0.25, 0.3) is 0 Å². The van der Waals surface area contributed by atoms with Crippen molar-refractivity contribution in [2.45, 2.75) is 45.2 Å². The minimum Gasteiger partial charge on any atom is -0.397 e. The highest BCUT2D eigenvalue weighted by atomic mass is 16.5. The lowest BCUT2D eigenvalue weighted by Gasteiger charge is -2.34. The zero-order valence-electron chi connectivity index (χ0n) is 11.7. The van der Waals surface area contributed by atoms with Crippen molar-refractivity contribution in [1.29, 1.82) is 0 Å². The van der Waals surface area contributed by atoms with Crippen molar-refractivity contribution in [2.24, 2.45) is 0 Å². The van der Waals surface area contributed by atoms with Gasteiger partial charge in [0.15, 0.2) is 0 Å². The number of anilines is 1. The van der Waals surface area contributed by atoms with Crippen LogP contribution in [0.15, 0.2) is 12.3 Å². The fraction of sp³-hybridized carbons (Fsp3) is 0.643. The minimum atomic E-state index is -0.175. The summed E-state index contributed by atoms with van der Waals surface area (Å²) in [5.74, 6) is -0.0467. The molecule has 1 aliphatic heterocycles. The van der Waals surface area contributed by atoms with E-state index in [4.69, 9.17) is 10.5 Å². The van der Waals surface area contributed by atoms with Crippen molar-refractivity contribution in [3.8, 4) is 0 Å². The summed E-state index contributed by atoms with van der Waals surface area (Å²) in [7, 11) is 0. The summed E-state index contributed by atoms with van der Waals surface area (Å²) in [6.07, 6.45) is 4.50. The molecule has 3 N–H and O–H groups in total. The highest BCUT2D eigenvalue weighted by Gasteiger charge is 2.30. The number of carbonyl (C=O) groups is 1. The Kier molecular flexibility index (Phi) is 4.14. The smallest absolute Gasteiger partial charge is 0.268 e. The molecule has 0 radical (unpaired) electrons. The van der Waals surface area contributed by atoms with Crippen molar-refractivity contribution >= 4 is 11.6 Å². The van der Waals surface area contributed by atoms with E-state index < -0.39 is 0 Å². The van der Waals surface area contributed by atoms with Gasteiger partial charge in [-0.25, -0.2) is 0 Å². The van der Waals surface area contributed by atoms with E-state index in [1.807, 2.05) is 10.8 Å². The molecule has 19 heavy (non-hydrogen) atoms. The van der Waals surface area contributed by atoms with E-state index in [-0.39, 0.29) is 11.4 Å². The number of nitrogens with one attached hydrogen (secondary N) is 1. The molecule has 1 aromatic rings. The van der Waals surface area contributed by atoms with Gasteiger partial charge in [0, 0.05) is 31.5 Å². The average molecular weight is 265 g/mol. The third kappa shape index (κ3) is 3.29. The first-order valence-electron chi connectivity index (χ1n) is 6.90. The van der Waals surface area contributed by atoms with Crippen LogP contribution in [0.5, 0.6) is 0 Å². The first kappa shape index (κ1) is 13.9. The second kappa shape index (κ2) is 5.65. The number of rotatable bonds is 4. The number of carbonyl (C=O) groups excluding carboxylic acids is 1. The molecule has 0 spiro atoms. The van der Waals surface area contributed by atoms with Crippen LogP contribution in [-0.4, -0.2) is 29.2 Å². The summed E-state index contributed by atoms with van der Waals surface area (Å²) in [5, 5.41) is 3.13. The van der Waals surface area contributed by atoms with Gasteiger partial charge in [-0.3, -0.25) is 4.79 Å². The molecule has 0 atom stereocenters. The highest BCUT2D eigenvalue weighted by Crippen LogP contribution is 2.21. The van der Waals surface area contributed by atoms with Gasteiger partial charge in [-0.1, -0.05) is 6.92 Å². The van der Waals surface area contributed by atoms with E-state index in [1.54, 1.807) is 6.07 Å². The second-order valence-corrected chi connectivity index (χ2v) is 5.48. The molecule has 1 aliphatic rings. The summed E-state index contributed by atoms with van der Waals surface area (Å²) in [6, 6.07) is 1.74. The lowest BCUT2D eigenvalue weighted by molar-refractivity contribution is 0.0420. The largest absolute Gasteiger partial charge is 0.397 e. The van der Waals surface area contributed by atoms with Gasteiger partial charge in [0.25, 0.3) is 5.91 Å². The van der Waals surface area contributed by atoms with E-state index in [1.165, 1.54) is 0 Å². The third-order valence-electron chi connectivity index (χ3n) is 3.63. The molecule has 1 saturated heterocycles. The van der Waals surface area contributed by atoms with Crippen LogP contribution < -0.4 is 11.1 Å². The van der Waals surface area contributed by atoms with Crippen LogP contribution in [0.2, 0.25) is 0 Å². The SMILES string of the molecule is CCCn1cc(N)cc1C(=O)NC1(C)CCOCC1. The van der Waals surface area contributed by atoms with Crippen molar-refractivity contribution in [3.63, 3.8) is 0 Å². The monoisotopic (exact) mass is 265 g/mol. The van der Waals surface area contributed by atoms with E-state index in [0.29, 0.717) is 24.6 Å². The van der Waals surface area contributed by atoms with Gasteiger partial charge in [0.05, 0.1) is 5.69 Å². The van der Waals surface area contributed by atoms with Crippen LogP contribution in [0, 0.1) is 0 Å². The maximum Gasteiger partial charge on any atom is 0.268 e. The summed E-state index contributed by atoms with van der Waals surface area (Å²) >= 11 is 0. The lowest BCUT2D eigenvalue weighted by Crippen LogP contribution is -2.50. The number of ether oxygens (including phenoxy) is 1. The second-order valence-electron chi connectivity index (χ2n) is 5.48. The predicted molar refractivity (Wildman–Crippen MR) is 75.1 cm³/mol. The predicted octanol–water partition coefficient (Wildman–Crippen LogP) is 1.78. The summed E-state index contributed by atoms with van der Waals surface area (Å²) in [4.78, 5) is 12.4. The van der Waals surface area contributed by atoms with E-state index >= 15 is 0 Å². The molecular weight excluding hydrogens is 242 g/mol. The molecule has 1 amide bonds. The standard InChI is InChI=1S/C14H23N3O2/c1-3-6-17-10-11(15)9-12(17)13(18)16-14(2)4-7-19-8-5-14/h9-10H,3-8,15H2,1-2H3,(H,16,18). The molecular formula is C14H23N3O2. The van der Waals surface area contributed by atoms with Gasteiger partial charge in [-0.2, -0.15) is 0 Å². The van der Waals surface area contributed by atoms with Crippen LogP contribution in [-0.2, 0) is 11.3 Å². The number of nitrogens with two attached hydrogens (primary N) is 1. The quantitative estimate of drug-likeness (QED) is 0.872. The Morgan fingerprint density at radius 1 is 1.53 bits per heavy atom. The molecule has 0 aliphatic carbocycles. The average Bonchev–Trinajstić information content (AvgIpc) is 2.71. The number of nitrogens with zero attached hydrogens (tertiary/aromatic N) is 1. The Labute approximate surface area is 114 Å². The number of aromatic nitrogens is 1. The third-order valence-corrected chi connectivity index (χ3v) is 3.63. The Morgan fingerprint density at radius 2 is 2.21 bits per heavy atom. The Morgan fingerprint density at radius 3 is 2.84 bits per heavy atom. The van der Waals surface area contributed by atoms with Crippen molar-refractivity contribution in [2.75, 3.05) is 18.9 Å². The van der Waals surface area contributed by atoms with Gasteiger partial charge >= 0.3 is 0 Å². The van der Waals surface area contributed by atoms with E-state index in [2.05, 4.69) is 19.2 Å². The lowest BCUT2D eigenvalue weighted by atomic mass is 9.92. The maximum atomic E-state index is 12.4. The fourth-order valence-electron chi connectivity index (χ4n) is 2.43. The summed E-state index contributed by atoms with van der Waals surface area (Å²) in [5.41, 5.74) is 6.90. The number of hydrogen-bond donors (Lipinski definition) is 2. The van der Waals surface area contributed by atoms with Gasteiger partial charge < -0.3 is 20.4 Å². The van der Waals surface area contributed by atoms with Crippen LogP contribution in [0.1, 0.15) is 43.6 Å². The van der Waals surface area contributed by atoms with Crippen LogP contribution in [0.4, 0.5) is 5.69 Å². The molecule has 2 heterocycles. The molecule has 1 fully saturated rings. The molecule has 5 nitrogen and oxygen atoms in total. The molecule has 0 saturated carbocycles. The topological polar surface area (TPSA) is 69.3 Å². The molecule has 106 valence electrons. The molecule has 5 heteroatoms. The molecule has 2 rings (SSSR count). The molecule has 1 aromatic heterocycles. The van der Waals surface area contributed by atoms with E-state index in [9.17, 15) is 4.79 Å². The molecule has 0 aromatic carbocycles. The number of amides is 1. The van der Waals surface area contributed by atoms with Crippen LogP contribution >= 0.6 is 0 Å². The zero-order chi connectivity index (χ0) is 13.9. The van der Waals surface area contributed by atoms with Gasteiger partial charge in [-0.15, -0.1) is 0 Å².